The molecular formula is C23H19FN4O2. The molecule has 0 saturated carbocycles. The Labute approximate surface area is 172 Å². The summed E-state index contributed by atoms with van der Waals surface area (Å²) in [6.07, 6.45) is 0. The Kier molecular flexibility index (Phi) is 4.72. The molecule has 1 aliphatic heterocycles. The van der Waals surface area contributed by atoms with Gasteiger partial charge in [0.05, 0.1) is 24.6 Å². The first-order valence-corrected chi connectivity index (χ1v) is 9.78. The van der Waals surface area contributed by atoms with Crippen molar-refractivity contribution in [3.8, 4) is 22.5 Å². The van der Waals surface area contributed by atoms with Gasteiger partial charge in [0.1, 0.15) is 11.5 Å². The molecule has 30 heavy (non-hydrogen) atoms. The van der Waals surface area contributed by atoms with Crippen LogP contribution in [-0.4, -0.2) is 51.7 Å². The van der Waals surface area contributed by atoms with Gasteiger partial charge in [-0.1, -0.05) is 30.3 Å². The molecule has 150 valence electrons. The Bertz CT molecular complexity index is 1200. The molecule has 6 nitrogen and oxygen atoms in total. The predicted octanol–water partition coefficient (Wildman–Crippen LogP) is 3.67. The van der Waals surface area contributed by atoms with Crippen LogP contribution >= 0.6 is 0 Å². The first-order chi connectivity index (χ1) is 14.7. The topological polar surface area (TPSA) is 59.7 Å². The lowest BCUT2D eigenvalue weighted by Crippen LogP contribution is -2.41. The van der Waals surface area contributed by atoms with E-state index in [2.05, 4.69) is 4.98 Å². The van der Waals surface area contributed by atoms with Gasteiger partial charge in [0.25, 0.3) is 5.91 Å². The van der Waals surface area contributed by atoms with E-state index in [0.717, 1.165) is 16.8 Å². The number of fused-ring (bicyclic) bond motifs is 1. The Balaban J connectivity index is 1.66. The summed E-state index contributed by atoms with van der Waals surface area (Å²) in [6.45, 7) is 2.10. The van der Waals surface area contributed by atoms with Gasteiger partial charge < -0.3 is 9.64 Å². The zero-order valence-electron chi connectivity index (χ0n) is 16.2. The van der Waals surface area contributed by atoms with Gasteiger partial charge in [-0.05, 0) is 30.3 Å². The fourth-order valence-electron chi connectivity index (χ4n) is 3.59. The van der Waals surface area contributed by atoms with Crippen LogP contribution in [-0.2, 0) is 4.74 Å². The van der Waals surface area contributed by atoms with E-state index < -0.39 is 0 Å². The summed E-state index contributed by atoms with van der Waals surface area (Å²) in [6, 6.07) is 19.5. The van der Waals surface area contributed by atoms with E-state index in [-0.39, 0.29) is 11.7 Å². The molecule has 0 radical (unpaired) electrons. The van der Waals surface area contributed by atoms with Crippen LogP contribution < -0.4 is 0 Å². The second-order valence-corrected chi connectivity index (χ2v) is 7.10. The van der Waals surface area contributed by atoms with E-state index in [4.69, 9.17) is 9.84 Å². The maximum atomic E-state index is 13.5. The summed E-state index contributed by atoms with van der Waals surface area (Å²) < 4.78 is 20.5. The van der Waals surface area contributed by atoms with Crippen molar-refractivity contribution in [1.29, 1.82) is 0 Å². The van der Waals surface area contributed by atoms with E-state index in [0.29, 0.717) is 43.3 Å². The highest BCUT2D eigenvalue weighted by molar-refractivity contribution is 5.94. The van der Waals surface area contributed by atoms with Crippen LogP contribution in [0.4, 0.5) is 4.39 Å². The van der Waals surface area contributed by atoms with Crippen LogP contribution in [0.5, 0.6) is 0 Å². The van der Waals surface area contributed by atoms with Crippen molar-refractivity contribution in [3.63, 3.8) is 0 Å². The second-order valence-electron chi connectivity index (χ2n) is 7.10. The normalized spacial score (nSPS) is 14.2. The van der Waals surface area contributed by atoms with E-state index in [1.807, 2.05) is 36.4 Å². The maximum absolute atomic E-state index is 13.5. The fraction of sp³-hybridized carbons (Fsp3) is 0.174. The number of amides is 1. The van der Waals surface area contributed by atoms with Crippen LogP contribution in [0.2, 0.25) is 0 Å². The van der Waals surface area contributed by atoms with Gasteiger partial charge in [-0.15, -0.1) is 0 Å². The Hall–Kier alpha value is -3.58. The fourth-order valence-corrected chi connectivity index (χ4v) is 3.59. The minimum atomic E-state index is -0.320. The molecule has 0 aliphatic carbocycles. The number of morpholine rings is 1. The Morgan fingerprint density at radius 3 is 2.40 bits per heavy atom. The molecule has 1 fully saturated rings. The molecule has 2 aromatic heterocycles. The summed E-state index contributed by atoms with van der Waals surface area (Å²) in [7, 11) is 0. The number of hydrogen-bond donors (Lipinski definition) is 0. The molecule has 1 saturated heterocycles. The number of carbonyl (C=O) groups is 1. The number of hydrogen-bond acceptors (Lipinski definition) is 4. The van der Waals surface area contributed by atoms with Gasteiger partial charge in [0.2, 0.25) is 0 Å². The lowest BCUT2D eigenvalue weighted by molar-refractivity contribution is 0.0299. The lowest BCUT2D eigenvalue weighted by Gasteiger charge is -2.26. The number of halogens is 1. The average molecular weight is 402 g/mol. The Morgan fingerprint density at radius 2 is 1.67 bits per heavy atom. The molecule has 3 heterocycles. The van der Waals surface area contributed by atoms with E-state index >= 15 is 0 Å². The minimum Gasteiger partial charge on any atom is -0.378 e. The van der Waals surface area contributed by atoms with Gasteiger partial charge >= 0.3 is 0 Å². The molecule has 1 amide bonds. The highest BCUT2D eigenvalue weighted by atomic mass is 19.1. The molecule has 4 aromatic rings. The third-order valence-corrected chi connectivity index (χ3v) is 5.15. The third kappa shape index (κ3) is 3.44. The first kappa shape index (κ1) is 18.4. The number of carbonyl (C=O) groups excluding carboxylic acids is 1. The summed E-state index contributed by atoms with van der Waals surface area (Å²) >= 11 is 0. The molecule has 0 spiro atoms. The summed E-state index contributed by atoms with van der Waals surface area (Å²) in [5, 5.41) is 4.71. The van der Waals surface area contributed by atoms with Crippen molar-refractivity contribution < 1.29 is 13.9 Å². The van der Waals surface area contributed by atoms with Gasteiger partial charge in [0.15, 0.2) is 5.65 Å². The standard InChI is InChI=1S/C23H19FN4O2/c24-18-8-6-17(7-9-18)21-14-20(23(29)27-10-12-30-13-11-27)25-22-15-19(26-28(21)22)16-4-2-1-3-5-16/h1-9,14-15H,10-13H2. The molecule has 1 aliphatic rings. The van der Waals surface area contributed by atoms with Crippen molar-refractivity contribution in [2.75, 3.05) is 26.3 Å². The van der Waals surface area contributed by atoms with Crippen LogP contribution in [0.25, 0.3) is 28.2 Å². The third-order valence-electron chi connectivity index (χ3n) is 5.15. The zero-order chi connectivity index (χ0) is 20.5. The Morgan fingerprint density at radius 1 is 0.933 bits per heavy atom. The number of benzene rings is 2. The zero-order valence-corrected chi connectivity index (χ0v) is 16.2. The number of rotatable bonds is 3. The van der Waals surface area contributed by atoms with Gasteiger partial charge in [0, 0.05) is 30.3 Å². The van der Waals surface area contributed by atoms with Gasteiger partial charge in [-0.2, -0.15) is 5.10 Å². The molecule has 2 aromatic carbocycles. The monoisotopic (exact) mass is 402 g/mol. The molecule has 7 heteroatoms. The predicted molar refractivity (Wildman–Crippen MR) is 111 cm³/mol. The smallest absolute Gasteiger partial charge is 0.272 e. The largest absolute Gasteiger partial charge is 0.378 e. The van der Waals surface area contributed by atoms with E-state index in [1.165, 1.54) is 12.1 Å². The molecule has 0 unspecified atom stereocenters. The van der Waals surface area contributed by atoms with Gasteiger partial charge in [-0.25, -0.2) is 13.9 Å². The van der Waals surface area contributed by atoms with Crippen LogP contribution in [0.15, 0.2) is 66.7 Å². The first-order valence-electron chi connectivity index (χ1n) is 9.78. The molecule has 5 rings (SSSR count). The van der Waals surface area contributed by atoms with Crippen LogP contribution in [0.3, 0.4) is 0 Å². The van der Waals surface area contributed by atoms with E-state index in [9.17, 15) is 9.18 Å². The van der Waals surface area contributed by atoms with Crippen molar-refractivity contribution >= 4 is 11.6 Å². The van der Waals surface area contributed by atoms with Gasteiger partial charge in [-0.3, -0.25) is 4.79 Å². The summed E-state index contributed by atoms with van der Waals surface area (Å²) in [5.41, 5.74) is 4.04. The van der Waals surface area contributed by atoms with Crippen molar-refractivity contribution in [3.05, 3.63) is 78.2 Å². The number of nitrogens with zero attached hydrogens (tertiary/aromatic N) is 4. The highest BCUT2D eigenvalue weighted by Crippen LogP contribution is 2.26. The second kappa shape index (κ2) is 7.68. The molecule has 0 atom stereocenters. The SMILES string of the molecule is O=C(c1cc(-c2ccc(F)cc2)n2nc(-c3ccccc3)cc2n1)N1CCOCC1. The average Bonchev–Trinajstić information content (AvgIpc) is 3.24. The van der Waals surface area contributed by atoms with Crippen LogP contribution in [0, 0.1) is 5.82 Å². The molecule has 0 bridgehead atoms. The number of ether oxygens (including phenoxy) is 1. The summed E-state index contributed by atoms with van der Waals surface area (Å²) in [5.74, 6) is -0.467. The van der Waals surface area contributed by atoms with Crippen molar-refractivity contribution in [2.45, 2.75) is 0 Å². The molecular weight excluding hydrogens is 383 g/mol. The highest BCUT2D eigenvalue weighted by Gasteiger charge is 2.22. The lowest BCUT2D eigenvalue weighted by atomic mass is 10.1. The van der Waals surface area contributed by atoms with Crippen molar-refractivity contribution in [1.82, 2.24) is 19.5 Å². The van der Waals surface area contributed by atoms with E-state index in [1.54, 1.807) is 27.6 Å². The minimum absolute atomic E-state index is 0.147. The van der Waals surface area contributed by atoms with Crippen molar-refractivity contribution in [2.24, 2.45) is 0 Å². The molecule has 0 N–H and O–H groups in total. The maximum Gasteiger partial charge on any atom is 0.272 e. The summed E-state index contributed by atoms with van der Waals surface area (Å²) in [4.78, 5) is 19.4. The quantitative estimate of drug-likeness (QED) is 0.525. The van der Waals surface area contributed by atoms with Crippen LogP contribution in [0.1, 0.15) is 10.5 Å². The number of aromatic nitrogens is 3.